The lowest BCUT2D eigenvalue weighted by Crippen LogP contribution is -2.41. The van der Waals surface area contributed by atoms with Gasteiger partial charge in [-0.15, -0.1) is 0 Å². The summed E-state index contributed by atoms with van der Waals surface area (Å²) >= 11 is 0. The fourth-order valence-corrected chi connectivity index (χ4v) is 2.11. The zero-order valence-corrected chi connectivity index (χ0v) is 12.0. The molecule has 21 heavy (non-hydrogen) atoms. The fourth-order valence-electron chi connectivity index (χ4n) is 2.11. The quantitative estimate of drug-likeness (QED) is 0.786. The predicted molar refractivity (Wildman–Crippen MR) is 83.3 cm³/mol. The van der Waals surface area contributed by atoms with Crippen molar-refractivity contribution in [2.24, 2.45) is 5.73 Å². The van der Waals surface area contributed by atoms with Gasteiger partial charge in [-0.3, -0.25) is 4.79 Å². The molecule has 1 unspecified atom stereocenters. The lowest BCUT2D eigenvalue weighted by atomic mass is 10.1. The van der Waals surface area contributed by atoms with Crippen LogP contribution in [0.25, 0.3) is 0 Å². The minimum Gasteiger partial charge on any atom is -0.508 e. The number of rotatable bonds is 5. The molecule has 4 nitrogen and oxygen atoms in total. The molecule has 2 aromatic rings. The maximum Gasteiger partial charge on any atom is 0.251 e. The van der Waals surface area contributed by atoms with Gasteiger partial charge in [-0.05, 0) is 36.6 Å². The third-order valence-corrected chi connectivity index (χ3v) is 3.42. The van der Waals surface area contributed by atoms with Crippen molar-refractivity contribution in [1.29, 1.82) is 0 Å². The zero-order valence-electron chi connectivity index (χ0n) is 12.0. The largest absolute Gasteiger partial charge is 0.508 e. The van der Waals surface area contributed by atoms with Gasteiger partial charge in [-0.2, -0.15) is 0 Å². The molecule has 1 amide bonds. The summed E-state index contributed by atoms with van der Waals surface area (Å²) in [6, 6.07) is 14.6. The number of hydrogen-bond acceptors (Lipinski definition) is 3. The number of amides is 1. The Hall–Kier alpha value is -2.33. The summed E-state index contributed by atoms with van der Waals surface area (Å²) < 4.78 is 0. The summed E-state index contributed by atoms with van der Waals surface area (Å²) in [6.45, 7) is 2.15. The van der Waals surface area contributed by atoms with E-state index >= 15 is 0 Å². The van der Waals surface area contributed by atoms with Crippen LogP contribution in [0.2, 0.25) is 0 Å². The minimum absolute atomic E-state index is 0.120. The van der Waals surface area contributed by atoms with Gasteiger partial charge >= 0.3 is 0 Å². The first kappa shape index (κ1) is 15.1. The molecule has 0 bridgehead atoms. The van der Waals surface area contributed by atoms with Gasteiger partial charge in [0, 0.05) is 18.2 Å². The molecule has 110 valence electrons. The van der Waals surface area contributed by atoms with Crippen molar-refractivity contribution in [3.05, 3.63) is 65.2 Å². The van der Waals surface area contributed by atoms with E-state index < -0.39 is 0 Å². The van der Waals surface area contributed by atoms with E-state index in [-0.39, 0.29) is 17.7 Å². The number of aryl methyl sites for hydroxylation is 1. The van der Waals surface area contributed by atoms with Gasteiger partial charge in [0.15, 0.2) is 0 Å². The van der Waals surface area contributed by atoms with Gasteiger partial charge in [0.1, 0.15) is 5.75 Å². The number of hydrogen-bond donors (Lipinski definition) is 3. The van der Waals surface area contributed by atoms with Crippen molar-refractivity contribution < 1.29 is 9.90 Å². The highest BCUT2D eigenvalue weighted by Gasteiger charge is 2.14. The Bertz CT molecular complexity index is 611. The van der Waals surface area contributed by atoms with E-state index in [1.807, 2.05) is 30.3 Å². The second kappa shape index (κ2) is 6.90. The van der Waals surface area contributed by atoms with Gasteiger partial charge in [0.2, 0.25) is 0 Å². The number of carbonyl (C=O) groups is 1. The fraction of sp³-hybridized carbons (Fsp3) is 0.235. The van der Waals surface area contributed by atoms with Crippen LogP contribution in [0.15, 0.2) is 48.5 Å². The highest BCUT2D eigenvalue weighted by Crippen LogP contribution is 2.17. The number of phenolic OH excluding ortho intramolecular Hbond substituents is 1. The highest BCUT2D eigenvalue weighted by atomic mass is 16.3. The summed E-state index contributed by atoms with van der Waals surface area (Å²) in [5, 5.41) is 12.6. The third kappa shape index (κ3) is 4.07. The molecule has 1 atom stereocenters. The first-order valence-corrected chi connectivity index (χ1v) is 6.94. The Morgan fingerprint density at radius 3 is 2.57 bits per heavy atom. The van der Waals surface area contributed by atoms with Crippen molar-refractivity contribution >= 4 is 5.91 Å². The lowest BCUT2D eigenvalue weighted by Gasteiger charge is -2.17. The van der Waals surface area contributed by atoms with Gasteiger partial charge in [0.25, 0.3) is 5.91 Å². The van der Waals surface area contributed by atoms with E-state index in [0.29, 0.717) is 18.5 Å². The van der Waals surface area contributed by atoms with Crippen molar-refractivity contribution in [3.63, 3.8) is 0 Å². The molecule has 2 rings (SSSR count). The first-order valence-electron chi connectivity index (χ1n) is 6.94. The molecule has 2 aromatic carbocycles. The van der Waals surface area contributed by atoms with Crippen LogP contribution in [0, 0.1) is 6.92 Å². The highest BCUT2D eigenvalue weighted by molar-refractivity contribution is 5.94. The van der Waals surface area contributed by atoms with Gasteiger partial charge < -0.3 is 16.2 Å². The van der Waals surface area contributed by atoms with E-state index in [1.165, 1.54) is 6.07 Å². The molecule has 0 saturated carbocycles. The summed E-state index contributed by atoms with van der Waals surface area (Å²) in [6.07, 6.45) is 0.681. The Morgan fingerprint density at radius 2 is 1.95 bits per heavy atom. The second-order valence-electron chi connectivity index (χ2n) is 5.10. The summed E-state index contributed by atoms with van der Waals surface area (Å²) in [4.78, 5) is 12.2. The number of phenols is 1. The van der Waals surface area contributed by atoms with Crippen LogP contribution in [-0.2, 0) is 6.42 Å². The van der Waals surface area contributed by atoms with E-state index in [2.05, 4.69) is 5.32 Å². The van der Waals surface area contributed by atoms with Gasteiger partial charge in [-0.1, -0.05) is 36.4 Å². The molecule has 4 heteroatoms. The lowest BCUT2D eigenvalue weighted by molar-refractivity contribution is 0.0937. The number of aromatic hydroxyl groups is 1. The summed E-state index contributed by atoms with van der Waals surface area (Å²) in [5.74, 6) is -0.105. The third-order valence-electron chi connectivity index (χ3n) is 3.42. The Kier molecular flexibility index (Phi) is 4.95. The van der Waals surface area contributed by atoms with E-state index in [4.69, 9.17) is 5.73 Å². The molecule has 4 N–H and O–H groups in total. The van der Waals surface area contributed by atoms with Crippen molar-refractivity contribution in [3.8, 4) is 5.75 Å². The molecule has 0 aliphatic carbocycles. The number of carbonyl (C=O) groups excluding carboxylic acids is 1. The average Bonchev–Trinajstić information content (AvgIpc) is 2.50. The van der Waals surface area contributed by atoms with Crippen LogP contribution in [0.5, 0.6) is 5.75 Å². The number of nitrogens with one attached hydrogen (secondary N) is 1. The molecule has 0 aliphatic heterocycles. The zero-order chi connectivity index (χ0) is 15.2. The standard InChI is InChI=1S/C17H20N2O2/c1-12-7-8-14(10-16(12)20)17(21)19-15(11-18)9-13-5-3-2-4-6-13/h2-8,10,15,20H,9,11,18H2,1H3,(H,19,21). The van der Waals surface area contributed by atoms with Crippen LogP contribution in [0.1, 0.15) is 21.5 Å². The van der Waals surface area contributed by atoms with Crippen molar-refractivity contribution in [2.75, 3.05) is 6.54 Å². The van der Waals surface area contributed by atoms with Crippen LogP contribution in [-0.4, -0.2) is 23.6 Å². The SMILES string of the molecule is Cc1ccc(C(=O)NC(CN)Cc2ccccc2)cc1O. The van der Waals surface area contributed by atoms with Crippen LogP contribution in [0.4, 0.5) is 0 Å². The molecule has 0 fully saturated rings. The smallest absolute Gasteiger partial charge is 0.251 e. The maximum absolute atomic E-state index is 12.2. The van der Waals surface area contributed by atoms with E-state index in [0.717, 1.165) is 11.1 Å². The molecule has 0 spiro atoms. The molecular weight excluding hydrogens is 264 g/mol. The second-order valence-corrected chi connectivity index (χ2v) is 5.10. The Labute approximate surface area is 124 Å². The van der Waals surface area contributed by atoms with E-state index in [1.54, 1.807) is 19.1 Å². The van der Waals surface area contributed by atoms with Crippen molar-refractivity contribution in [1.82, 2.24) is 5.32 Å². The molecule has 0 saturated heterocycles. The summed E-state index contributed by atoms with van der Waals surface area (Å²) in [7, 11) is 0. The Morgan fingerprint density at radius 1 is 1.24 bits per heavy atom. The van der Waals surface area contributed by atoms with Gasteiger partial charge in [0.05, 0.1) is 0 Å². The molecule has 0 aromatic heterocycles. The minimum atomic E-state index is -0.225. The first-order chi connectivity index (χ1) is 10.1. The molecular formula is C17H20N2O2. The average molecular weight is 284 g/mol. The molecule has 0 heterocycles. The van der Waals surface area contributed by atoms with Crippen LogP contribution in [0.3, 0.4) is 0 Å². The maximum atomic E-state index is 12.2. The van der Waals surface area contributed by atoms with Crippen molar-refractivity contribution in [2.45, 2.75) is 19.4 Å². The number of nitrogens with two attached hydrogens (primary N) is 1. The monoisotopic (exact) mass is 284 g/mol. The predicted octanol–water partition coefficient (Wildman–Crippen LogP) is 2.00. The summed E-state index contributed by atoms with van der Waals surface area (Å²) in [5.41, 5.74) is 8.04. The molecule has 0 aliphatic rings. The van der Waals surface area contributed by atoms with Gasteiger partial charge in [-0.25, -0.2) is 0 Å². The molecule has 0 radical (unpaired) electrons. The van der Waals surface area contributed by atoms with Crippen LogP contribution >= 0.6 is 0 Å². The van der Waals surface area contributed by atoms with Crippen LogP contribution < -0.4 is 11.1 Å². The Balaban J connectivity index is 2.04. The normalized spacial score (nSPS) is 11.9. The topological polar surface area (TPSA) is 75.4 Å². The number of benzene rings is 2. The van der Waals surface area contributed by atoms with E-state index in [9.17, 15) is 9.90 Å².